The molecule has 7 nitrogen and oxygen atoms in total. The third kappa shape index (κ3) is 3.91. The highest BCUT2D eigenvalue weighted by atomic mass is 16.2. The van der Waals surface area contributed by atoms with Gasteiger partial charge < -0.3 is 14.8 Å². The van der Waals surface area contributed by atoms with Crippen LogP contribution in [0.5, 0.6) is 0 Å². The van der Waals surface area contributed by atoms with Crippen molar-refractivity contribution in [1.82, 2.24) is 20.1 Å². The minimum absolute atomic E-state index is 0.0107. The summed E-state index contributed by atoms with van der Waals surface area (Å²) in [4.78, 5) is 27.2. The van der Waals surface area contributed by atoms with Crippen molar-refractivity contribution in [1.29, 1.82) is 0 Å². The molecule has 2 amide bonds. The summed E-state index contributed by atoms with van der Waals surface area (Å²) in [6.45, 7) is 7.79. The number of carbonyl (C=O) groups excluding carboxylic acids is 2. The molecule has 1 saturated heterocycles. The van der Waals surface area contributed by atoms with Gasteiger partial charge >= 0.3 is 0 Å². The Morgan fingerprint density at radius 2 is 1.90 bits per heavy atom. The molecule has 2 aromatic rings. The molecule has 2 aliphatic heterocycles. The van der Waals surface area contributed by atoms with Crippen LogP contribution in [0.1, 0.15) is 54.0 Å². The van der Waals surface area contributed by atoms with Gasteiger partial charge in [-0.25, -0.2) is 0 Å². The quantitative estimate of drug-likeness (QED) is 0.863. The maximum atomic E-state index is 12.8. The third-order valence-corrected chi connectivity index (χ3v) is 6.01. The van der Waals surface area contributed by atoms with E-state index in [-0.39, 0.29) is 24.2 Å². The topological polar surface area (TPSA) is 80.1 Å². The summed E-state index contributed by atoms with van der Waals surface area (Å²) in [5.74, 6) is 1.40. The number of nitrogens with one attached hydrogen (secondary N) is 1. The van der Waals surface area contributed by atoms with Gasteiger partial charge in [-0.2, -0.15) is 0 Å². The molecule has 1 atom stereocenters. The van der Waals surface area contributed by atoms with Crippen LogP contribution < -0.4 is 10.2 Å². The number of nitrogens with zero attached hydrogens (tertiary/aromatic N) is 4. The summed E-state index contributed by atoms with van der Waals surface area (Å²) in [6.07, 6.45) is 4.65. The lowest BCUT2D eigenvalue weighted by Gasteiger charge is -2.22. The highest BCUT2D eigenvalue weighted by molar-refractivity contribution is 6.01. The van der Waals surface area contributed by atoms with E-state index in [1.165, 1.54) is 12.0 Å². The van der Waals surface area contributed by atoms with E-state index in [9.17, 15) is 9.59 Å². The Hall–Kier alpha value is -2.70. The van der Waals surface area contributed by atoms with Crippen molar-refractivity contribution in [2.75, 3.05) is 11.4 Å². The number of hydrogen-bond acceptors (Lipinski definition) is 4. The first-order valence-electron chi connectivity index (χ1n) is 10.5. The van der Waals surface area contributed by atoms with Gasteiger partial charge in [-0.3, -0.25) is 9.59 Å². The average molecular weight is 396 g/mol. The predicted octanol–water partition coefficient (Wildman–Crippen LogP) is 2.60. The Morgan fingerprint density at radius 3 is 2.66 bits per heavy atom. The van der Waals surface area contributed by atoms with E-state index in [4.69, 9.17) is 0 Å². The Labute approximate surface area is 171 Å². The minimum atomic E-state index is -0.339. The molecule has 4 rings (SSSR count). The number of hydrogen-bond donors (Lipinski definition) is 1. The maximum Gasteiger partial charge on any atom is 0.227 e. The summed E-state index contributed by atoms with van der Waals surface area (Å²) < 4.78 is 2.14. The summed E-state index contributed by atoms with van der Waals surface area (Å²) in [6, 6.07) is 4.17. The molecule has 1 aromatic heterocycles. The van der Waals surface area contributed by atoms with Gasteiger partial charge in [0.05, 0.1) is 12.5 Å². The van der Waals surface area contributed by atoms with Crippen molar-refractivity contribution < 1.29 is 9.59 Å². The second kappa shape index (κ2) is 7.97. The maximum absolute atomic E-state index is 12.8. The number of benzene rings is 1. The lowest BCUT2D eigenvalue weighted by molar-refractivity contribution is -0.126. The van der Waals surface area contributed by atoms with Crippen LogP contribution in [0.2, 0.25) is 0 Å². The van der Waals surface area contributed by atoms with Crippen molar-refractivity contribution in [3.8, 4) is 0 Å². The first-order valence-corrected chi connectivity index (χ1v) is 10.5. The fourth-order valence-corrected chi connectivity index (χ4v) is 4.68. The van der Waals surface area contributed by atoms with Gasteiger partial charge in [0, 0.05) is 31.6 Å². The highest BCUT2D eigenvalue weighted by Gasteiger charge is 2.36. The highest BCUT2D eigenvalue weighted by Crippen LogP contribution is 2.32. The Morgan fingerprint density at radius 1 is 1.14 bits per heavy atom. The fourth-order valence-electron chi connectivity index (χ4n) is 4.68. The van der Waals surface area contributed by atoms with Crippen LogP contribution in [0.15, 0.2) is 12.1 Å². The normalized spacial score (nSPS) is 19.2. The lowest BCUT2D eigenvalue weighted by atomic mass is 10.0. The number of aromatic nitrogens is 3. The number of fused-ring (bicyclic) bond motifs is 1. The zero-order valence-corrected chi connectivity index (χ0v) is 17.5. The van der Waals surface area contributed by atoms with Crippen molar-refractivity contribution >= 4 is 17.5 Å². The van der Waals surface area contributed by atoms with E-state index in [1.807, 2.05) is 13.8 Å². The van der Waals surface area contributed by atoms with E-state index in [1.54, 1.807) is 4.90 Å². The largest absolute Gasteiger partial charge is 0.348 e. The molecule has 1 fully saturated rings. The Kier molecular flexibility index (Phi) is 5.39. The molecule has 1 aromatic carbocycles. The van der Waals surface area contributed by atoms with Crippen LogP contribution in [-0.2, 0) is 29.1 Å². The van der Waals surface area contributed by atoms with Gasteiger partial charge in [0.15, 0.2) is 5.82 Å². The lowest BCUT2D eigenvalue weighted by Crippen LogP contribution is -2.33. The van der Waals surface area contributed by atoms with E-state index >= 15 is 0 Å². The number of carbonyl (C=O) groups is 2. The SMILES string of the molecule is Cc1cc(C)c(N2C[C@@H](C(=O)NCc3nnc4n3CCCCC4)CC2=O)c(C)c1. The average Bonchev–Trinajstić information content (AvgIpc) is 3.14. The van der Waals surface area contributed by atoms with Gasteiger partial charge in [-0.05, 0) is 44.7 Å². The molecule has 154 valence electrons. The number of rotatable bonds is 4. The van der Waals surface area contributed by atoms with Crippen LogP contribution in [-0.4, -0.2) is 33.1 Å². The van der Waals surface area contributed by atoms with Gasteiger partial charge in [0.2, 0.25) is 11.8 Å². The van der Waals surface area contributed by atoms with E-state index in [2.05, 4.69) is 39.1 Å². The molecule has 0 spiro atoms. The third-order valence-electron chi connectivity index (χ3n) is 6.01. The summed E-state index contributed by atoms with van der Waals surface area (Å²) in [5, 5.41) is 11.5. The van der Waals surface area contributed by atoms with Crippen LogP contribution in [0.3, 0.4) is 0 Å². The van der Waals surface area contributed by atoms with Gasteiger partial charge in [0.1, 0.15) is 5.82 Å². The van der Waals surface area contributed by atoms with E-state index in [0.29, 0.717) is 13.1 Å². The standard InChI is InChI=1S/C22H29N5O2/c1-14-9-15(2)21(16(3)10-14)27-13-17(11-20(27)28)22(29)23-12-19-25-24-18-7-5-4-6-8-26(18)19/h9-10,17H,4-8,11-13H2,1-3H3,(H,23,29)/t17-/m0/s1. The molecule has 0 unspecified atom stereocenters. The molecule has 1 N–H and O–H groups in total. The summed E-state index contributed by atoms with van der Waals surface area (Å²) >= 11 is 0. The van der Waals surface area contributed by atoms with Crippen LogP contribution in [0.25, 0.3) is 0 Å². The second-order valence-electron chi connectivity index (χ2n) is 8.37. The molecule has 0 radical (unpaired) electrons. The first kappa shape index (κ1) is 19.6. The van der Waals surface area contributed by atoms with Crippen molar-refractivity contribution in [2.24, 2.45) is 5.92 Å². The van der Waals surface area contributed by atoms with Crippen molar-refractivity contribution in [2.45, 2.75) is 66.0 Å². The Bertz CT molecular complexity index is 926. The summed E-state index contributed by atoms with van der Waals surface area (Å²) in [5.41, 5.74) is 4.27. The molecule has 2 aliphatic rings. The monoisotopic (exact) mass is 395 g/mol. The molecule has 0 saturated carbocycles. The number of aryl methyl sites for hydroxylation is 4. The first-order chi connectivity index (χ1) is 13.9. The van der Waals surface area contributed by atoms with Gasteiger partial charge in [0.25, 0.3) is 0 Å². The number of amides is 2. The second-order valence-corrected chi connectivity index (χ2v) is 8.37. The van der Waals surface area contributed by atoms with Gasteiger partial charge in [-0.1, -0.05) is 24.1 Å². The molecule has 7 heteroatoms. The van der Waals surface area contributed by atoms with Crippen LogP contribution in [0, 0.1) is 26.7 Å². The van der Waals surface area contributed by atoms with Crippen molar-refractivity contribution in [3.63, 3.8) is 0 Å². The summed E-state index contributed by atoms with van der Waals surface area (Å²) in [7, 11) is 0. The zero-order chi connectivity index (χ0) is 20.5. The van der Waals surface area contributed by atoms with Crippen LogP contribution in [0.4, 0.5) is 5.69 Å². The van der Waals surface area contributed by atoms with E-state index < -0.39 is 0 Å². The Balaban J connectivity index is 1.42. The fraction of sp³-hybridized carbons (Fsp3) is 0.545. The molecule has 3 heterocycles. The van der Waals surface area contributed by atoms with Crippen LogP contribution >= 0.6 is 0 Å². The number of anilines is 1. The smallest absolute Gasteiger partial charge is 0.227 e. The zero-order valence-electron chi connectivity index (χ0n) is 17.5. The van der Waals surface area contributed by atoms with Gasteiger partial charge in [-0.15, -0.1) is 10.2 Å². The molecular weight excluding hydrogens is 366 g/mol. The van der Waals surface area contributed by atoms with E-state index in [0.717, 1.165) is 54.3 Å². The molecule has 0 bridgehead atoms. The van der Waals surface area contributed by atoms with Crippen molar-refractivity contribution in [3.05, 3.63) is 40.5 Å². The predicted molar refractivity (Wildman–Crippen MR) is 111 cm³/mol. The molecule has 0 aliphatic carbocycles. The minimum Gasteiger partial charge on any atom is -0.348 e. The molecular formula is C22H29N5O2. The molecule has 29 heavy (non-hydrogen) atoms.